The summed E-state index contributed by atoms with van der Waals surface area (Å²) in [5.74, 6) is 1.86. The third-order valence-electron chi connectivity index (χ3n) is 7.17. The highest BCUT2D eigenvalue weighted by atomic mass is 32.2. The van der Waals surface area contributed by atoms with Gasteiger partial charge < -0.3 is 18.3 Å². The van der Waals surface area contributed by atoms with Crippen LogP contribution in [0.3, 0.4) is 0 Å². The van der Waals surface area contributed by atoms with E-state index in [1.807, 2.05) is 66.7 Å². The number of thiol groups is 1. The van der Waals surface area contributed by atoms with E-state index < -0.39 is 0 Å². The molecule has 0 saturated carbocycles. The normalized spacial score (nSPS) is 12.2. The van der Waals surface area contributed by atoms with Crippen molar-refractivity contribution < 1.29 is 18.3 Å². The minimum absolute atomic E-state index is 0.0309. The molecule has 0 N–H and O–H groups in total. The minimum Gasteiger partial charge on any atom is -0.487 e. The molecule has 5 rings (SSSR count). The van der Waals surface area contributed by atoms with E-state index in [9.17, 15) is 9.59 Å². The molecule has 5 aromatic rings. The molecule has 0 fully saturated rings. The number of hydrogen-bond acceptors (Lipinski definition) is 8. The number of thioether (sulfide) groups is 1. The molecule has 0 unspecified atom stereocenters. The van der Waals surface area contributed by atoms with Gasteiger partial charge in [0, 0.05) is 16.9 Å². The zero-order valence-corrected chi connectivity index (χ0v) is 31.0. The maximum Gasteiger partial charge on any atom is 0.200 e. The molecule has 3 aromatic carbocycles. The van der Waals surface area contributed by atoms with E-state index in [1.54, 1.807) is 36.9 Å². The van der Waals surface area contributed by atoms with Crippen molar-refractivity contribution in [1.29, 1.82) is 0 Å². The summed E-state index contributed by atoms with van der Waals surface area (Å²) in [5, 5.41) is 2.00. The maximum absolute atomic E-state index is 13.1. The summed E-state index contributed by atoms with van der Waals surface area (Å²) in [4.78, 5) is 25.3. The van der Waals surface area contributed by atoms with Crippen LogP contribution < -0.4 is 20.3 Å². The van der Waals surface area contributed by atoms with E-state index in [4.69, 9.17) is 18.3 Å². The largest absolute Gasteiger partial charge is 0.487 e. The van der Waals surface area contributed by atoms with E-state index in [1.165, 1.54) is 11.1 Å². The Kier molecular flexibility index (Phi) is 10.7. The van der Waals surface area contributed by atoms with Gasteiger partial charge in [0.15, 0.2) is 10.2 Å². The predicted molar refractivity (Wildman–Crippen MR) is 197 cm³/mol. The summed E-state index contributed by atoms with van der Waals surface area (Å²) in [6.07, 6.45) is 0. The van der Waals surface area contributed by atoms with Gasteiger partial charge in [-0.25, -0.2) is 0 Å². The van der Waals surface area contributed by atoms with Crippen LogP contribution in [-0.2, 0) is 11.2 Å². The molecule has 8 heteroatoms. The Balaban J connectivity index is 0.000000238. The standard InChI is InChI=1S/C25H30O3S.C14H16O3S/c1-16-22(26)21-19(9-8-10-20(21)28-25(5,6)7)27-23(16)29-15-17-11-13-18(14-12-17)24(2,3)4;1-8-12(15)11-9(16-13(8)18)6-5-7-10(11)17-14(2,3)4/h8-14H,15H2,1-7H3;5-7,18H,1-4H3. The fourth-order valence-electron chi connectivity index (χ4n) is 4.78. The van der Waals surface area contributed by atoms with Gasteiger partial charge in [-0.3, -0.25) is 9.59 Å². The highest BCUT2D eigenvalue weighted by Crippen LogP contribution is 2.33. The summed E-state index contributed by atoms with van der Waals surface area (Å²) in [6, 6.07) is 19.5. The summed E-state index contributed by atoms with van der Waals surface area (Å²) in [7, 11) is 0. The summed E-state index contributed by atoms with van der Waals surface area (Å²) in [6.45, 7) is 21.9. The monoisotopic (exact) mass is 674 g/mol. The lowest BCUT2D eigenvalue weighted by molar-refractivity contribution is 0.132. The van der Waals surface area contributed by atoms with Crippen molar-refractivity contribution in [1.82, 2.24) is 0 Å². The van der Waals surface area contributed by atoms with Crippen LogP contribution in [0, 0.1) is 13.8 Å². The number of rotatable bonds is 5. The Morgan fingerprint density at radius 3 is 1.60 bits per heavy atom. The molecule has 0 saturated heterocycles. The van der Waals surface area contributed by atoms with Crippen LogP contribution in [-0.4, -0.2) is 11.2 Å². The molecule has 2 heterocycles. The third kappa shape index (κ3) is 9.05. The van der Waals surface area contributed by atoms with Crippen LogP contribution in [0.1, 0.15) is 84.6 Å². The minimum atomic E-state index is -0.388. The number of benzene rings is 3. The third-order valence-corrected chi connectivity index (χ3v) is 8.73. The van der Waals surface area contributed by atoms with Gasteiger partial charge in [-0.15, -0.1) is 12.6 Å². The smallest absolute Gasteiger partial charge is 0.200 e. The molecule has 6 nitrogen and oxygen atoms in total. The quantitative estimate of drug-likeness (QED) is 0.147. The van der Waals surface area contributed by atoms with Gasteiger partial charge in [0.25, 0.3) is 0 Å². The van der Waals surface area contributed by atoms with Crippen LogP contribution in [0.4, 0.5) is 0 Å². The molecule has 0 radical (unpaired) electrons. The van der Waals surface area contributed by atoms with E-state index in [0.29, 0.717) is 54.7 Å². The first-order chi connectivity index (χ1) is 21.7. The lowest BCUT2D eigenvalue weighted by atomic mass is 9.87. The predicted octanol–water partition coefficient (Wildman–Crippen LogP) is 10.4. The first kappa shape index (κ1) is 36.2. The van der Waals surface area contributed by atoms with Crippen LogP contribution in [0.25, 0.3) is 21.9 Å². The molecule has 0 spiro atoms. The van der Waals surface area contributed by atoms with Gasteiger partial charge in [0.1, 0.15) is 44.6 Å². The van der Waals surface area contributed by atoms with Crippen molar-refractivity contribution in [2.45, 2.75) is 109 Å². The number of fused-ring (bicyclic) bond motifs is 2. The highest BCUT2D eigenvalue weighted by Gasteiger charge is 2.20. The SMILES string of the molecule is Cc1c(S)oc2cccc(OC(C)(C)C)c2c1=O.Cc1c(SCc2ccc(C(C)(C)C)cc2)oc2cccc(OC(C)(C)C)c2c1=O. The van der Waals surface area contributed by atoms with Crippen molar-refractivity contribution in [2.75, 3.05) is 0 Å². The van der Waals surface area contributed by atoms with E-state index in [-0.39, 0.29) is 27.5 Å². The van der Waals surface area contributed by atoms with E-state index in [2.05, 4.69) is 57.7 Å². The maximum atomic E-state index is 13.1. The van der Waals surface area contributed by atoms with Crippen molar-refractivity contribution in [3.63, 3.8) is 0 Å². The van der Waals surface area contributed by atoms with Crippen molar-refractivity contribution in [2.24, 2.45) is 0 Å². The fourth-order valence-corrected chi connectivity index (χ4v) is 5.93. The first-order valence-electron chi connectivity index (χ1n) is 15.7. The highest BCUT2D eigenvalue weighted by molar-refractivity contribution is 7.98. The van der Waals surface area contributed by atoms with E-state index >= 15 is 0 Å². The van der Waals surface area contributed by atoms with Crippen molar-refractivity contribution >= 4 is 46.3 Å². The molecular formula is C39H46O6S2. The fraction of sp³-hybridized carbons (Fsp3) is 0.385. The Hall–Kier alpha value is -3.62. The zero-order valence-electron chi connectivity index (χ0n) is 29.3. The Bertz CT molecular complexity index is 2000. The molecule has 0 aliphatic heterocycles. The second-order valence-corrected chi connectivity index (χ2v) is 16.0. The van der Waals surface area contributed by atoms with Crippen molar-refractivity contribution in [3.8, 4) is 11.5 Å². The molecule has 0 bridgehead atoms. The first-order valence-corrected chi connectivity index (χ1v) is 17.1. The van der Waals surface area contributed by atoms with Gasteiger partial charge in [-0.1, -0.05) is 68.9 Å². The Morgan fingerprint density at radius 1 is 0.660 bits per heavy atom. The van der Waals surface area contributed by atoms with Crippen molar-refractivity contribution in [3.05, 3.63) is 103 Å². The topological polar surface area (TPSA) is 78.9 Å². The van der Waals surface area contributed by atoms with Crippen LogP contribution >= 0.6 is 24.4 Å². The Labute approximate surface area is 287 Å². The summed E-state index contributed by atoms with van der Waals surface area (Å²) >= 11 is 5.71. The summed E-state index contributed by atoms with van der Waals surface area (Å²) in [5.41, 5.74) is 3.95. The van der Waals surface area contributed by atoms with Crippen LogP contribution in [0.5, 0.6) is 11.5 Å². The Morgan fingerprint density at radius 2 is 1.13 bits per heavy atom. The summed E-state index contributed by atoms with van der Waals surface area (Å²) < 4.78 is 23.4. The molecule has 2 aromatic heterocycles. The average molecular weight is 675 g/mol. The van der Waals surface area contributed by atoms with Gasteiger partial charge in [-0.2, -0.15) is 0 Å². The molecule has 250 valence electrons. The molecule has 0 amide bonds. The molecule has 0 aliphatic carbocycles. The average Bonchev–Trinajstić information content (AvgIpc) is 2.95. The van der Waals surface area contributed by atoms with Crippen LogP contribution in [0.2, 0.25) is 0 Å². The zero-order chi connectivity index (χ0) is 34.9. The lowest BCUT2D eigenvalue weighted by Crippen LogP contribution is -2.24. The molecule has 0 atom stereocenters. The number of ether oxygens (including phenoxy) is 2. The molecule has 47 heavy (non-hydrogen) atoms. The lowest BCUT2D eigenvalue weighted by Gasteiger charge is -2.22. The second kappa shape index (κ2) is 13.9. The van der Waals surface area contributed by atoms with Crippen LogP contribution in [0.15, 0.2) is 89.3 Å². The van der Waals surface area contributed by atoms with Gasteiger partial charge >= 0.3 is 0 Å². The number of hydrogen-bond donors (Lipinski definition) is 1. The van der Waals surface area contributed by atoms with Gasteiger partial charge in [0.2, 0.25) is 10.9 Å². The van der Waals surface area contributed by atoms with Gasteiger partial charge in [0.05, 0.1) is 0 Å². The van der Waals surface area contributed by atoms with E-state index in [0.717, 1.165) is 5.75 Å². The molecular weight excluding hydrogens is 629 g/mol. The second-order valence-electron chi connectivity index (χ2n) is 14.6. The van der Waals surface area contributed by atoms with Gasteiger partial charge in [-0.05, 0) is 96.2 Å². The molecule has 0 aliphatic rings.